The first-order valence-corrected chi connectivity index (χ1v) is 11.2. The number of fused-ring (bicyclic) bond motifs is 2. The summed E-state index contributed by atoms with van der Waals surface area (Å²) >= 11 is 3.48. The molecule has 170 valence electrons. The molecule has 3 aromatic carbocycles. The lowest BCUT2D eigenvalue weighted by Gasteiger charge is -2.06. The number of aryl methyl sites for hydroxylation is 2. The first kappa shape index (κ1) is 21.7. The number of para-hydroxylation sites is 4. The van der Waals surface area contributed by atoms with Crippen LogP contribution in [0.25, 0.3) is 22.1 Å². The van der Waals surface area contributed by atoms with E-state index in [1.807, 2.05) is 71.8 Å². The van der Waals surface area contributed by atoms with E-state index in [0.29, 0.717) is 23.0 Å². The SMILES string of the molecule is Cn1c(N/N=C\c2cc(Br)cc(/C=N\Nc3nc4ccccc4n3C)c2O)nc2ccccc21. The summed E-state index contributed by atoms with van der Waals surface area (Å²) in [6.07, 6.45) is 3.07. The van der Waals surface area contributed by atoms with Crippen molar-refractivity contribution in [2.45, 2.75) is 0 Å². The number of rotatable bonds is 6. The first-order chi connectivity index (χ1) is 16.5. The minimum atomic E-state index is 0.0503. The minimum absolute atomic E-state index is 0.0503. The maximum Gasteiger partial charge on any atom is 0.224 e. The van der Waals surface area contributed by atoms with Crippen molar-refractivity contribution in [2.24, 2.45) is 24.3 Å². The van der Waals surface area contributed by atoms with Gasteiger partial charge in [-0.3, -0.25) is 0 Å². The molecule has 0 radical (unpaired) electrons. The van der Waals surface area contributed by atoms with Gasteiger partial charge in [0.05, 0.1) is 34.5 Å². The molecule has 34 heavy (non-hydrogen) atoms. The molecule has 2 heterocycles. The third-order valence-corrected chi connectivity index (χ3v) is 5.90. The molecule has 9 nitrogen and oxygen atoms in total. The van der Waals surface area contributed by atoms with Crippen LogP contribution in [0.2, 0.25) is 0 Å². The van der Waals surface area contributed by atoms with Crippen molar-refractivity contribution < 1.29 is 5.11 Å². The minimum Gasteiger partial charge on any atom is -0.507 e. The molecular formula is C24H21BrN8O. The van der Waals surface area contributed by atoms with Gasteiger partial charge >= 0.3 is 0 Å². The molecule has 0 atom stereocenters. The molecule has 0 aliphatic rings. The summed E-state index contributed by atoms with van der Waals surface area (Å²) in [5.41, 5.74) is 10.7. The van der Waals surface area contributed by atoms with Crippen molar-refractivity contribution in [1.82, 2.24) is 19.1 Å². The Morgan fingerprint density at radius 2 is 1.24 bits per heavy atom. The number of imidazole rings is 2. The van der Waals surface area contributed by atoms with Crippen LogP contribution in [-0.4, -0.2) is 36.6 Å². The molecular weight excluding hydrogens is 496 g/mol. The van der Waals surface area contributed by atoms with Crippen molar-refractivity contribution in [3.05, 3.63) is 76.3 Å². The highest BCUT2D eigenvalue weighted by molar-refractivity contribution is 9.10. The number of aromatic nitrogens is 4. The van der Waals surface area contributed by atoms with Crippen molar-refractivity contribution in [3.8, 4) is 5.75 Å². The van der Waals surface area contributed by atoms with Gasteiger partial charge in [-0.1, -0.05) is 40.2 Å². The van der Waals surface area contributed by atoms with Crippen LogP contribution in [0.15, 0.2) is 75.3 Å². The zero-order valence-corrected chi connectivity index (χ0v) is 20.0. The fraction of sp³-hybridized carbons (Fsp3) is 0.0833. The van der Waals surface area contributed by atoms with E-state index in [4.69, 9.17) is 0 Å². The van der Waals surface area contributed by atoms with Gasteiger partial charge in [-0.05, 0) is 36.4 Å². The molecule has 10 heteroatoms. The first-order valence-electron chi connectivity index (χ1n) is 10.4. The Balaban J connectivity index is 1.34. The highest BCUT2D eigenvalue weighted by Gasteiger charge is 2.09. The van der Waals surface area contributed by atoms with Gasteiger partial charge < -0.3 is 14.2 Å². The summed E-state index contributed by atoms with van der Waals surface area (Å²) in [5, 5.41) is 19.3. The molecule has 2 aromatic heterocycles. The molecule has 0 fully saturated rings. The molecule has 0 bridgehead atoms. The second-order valence-corrected chi connectivity index (χ2v) is 8.55. The van der Waals surface area contributed by atoms with E-state index >= 15 is 0 Å². The predicted molar refractivity (Wildman–Crippen MR) is 140 cm³/mol. The Morgan fingerprint density at radius 1 is 0.794 bits per heavy atom. The molecule has 5 rings (SSSR count). The molecule has 3 N–H and O–H groups in total. The third-order valence-electron chi connectivity index (χ3n) is 5.44. The number of nitrogens with zero attached hydrogens (tertiary/aromatic N) is 6. The Kier molecular flexibility index (Phi) is 5.72. The molecule has 5 aromatic rings. The van der Waals surface area contributed by atoms with Crippen LogP contribution in [-0.2, 0) is 14.1 Å². The van der Waals surface area contributed by atoms with Crippen molar-refractivity contribution >= 4 is 62.3 Å². The van der Waals surface area contributed by atoms with Gasteiger partial charge in [-0.2, -0.15) is 10.2 Å². The molecule has 0 aliphatic heterocycles. The summed E-state index contributed by atoms with van der Waals surface area (Å²) in [6.45, 7) is 0. The van der Waals surface area contributed by atoms with Gasteiger partial charge in [0.2, 0.25) is 11.9 Å². The third kappa shape index (κ3) is 4.11. The van der Waals surface area contributed by atoms with Crippen molar-refractivity contribution in [2.75, 3.05) is 10.9 Å². The van der Waals surface area contributed by atoms with Crippen LogP contribution in [0.1, 0.15) is 11.1 Å². The quantitative estimate of drug-likeness (QED) is 0.221. The van der Waals surface area contributed by atoms with Crippen LogP contribution < -0.4 is 10.9 Å². The second-order valence-electron chi connectivity index (χ2n) is 7.64. The van der Waals surface area contributed by atoms with Crippen LogP contribution in [0.5, 0.6) is 5.75 Å². The fourth-order valence-corrected chi connectivity index (χ4v) is 4.14. The largest absolute Gasteiger partial charge is 0.507 e. The highest BCUT2D eigenvalue weighted by Crippen LogP contribution is 2.26. The number of nitrogens with one attached hydrogen (secondary N) is 2. The van der Waals surface area contributed by atoms with Crippen LogP contribution >= 0.6 is 15.9 Å². The fourth-order valence-electron chi connectivity index (χ4n) is 3.65. The van der Waals surface area contributed by atoms with E-state index in [2.05, 4.69) is 47.0 Å². The molecule has 0 aliphatic carbocycles. The van der Waals surface area contributed by atoms with Crippen molar-refractivity contribution in [3.63, 3.8) is 0 Å². The van der Waals surface area contributed by atoms with Crippen LogP contribution in [0, 0.1) is 0 Å². The lowest BCUT2D eigenvalue weighted by molar-refractivity contribution is 0.473. The highest BCUT2D eigenvalue weighted by atomic mass is 79.9. The number of aromatic hydroxyl groups is 1. The normalized spacial score (nSPS) is 11.9. The van der Waals surface area contributed by atoms with Gasteiger partial charge in [-0.15, -0.1) is 0 Å². The Morgan fingerprint density at radius 3 is 1.68 bits per heavy atom. The molecule has 0 saturated carbocycles. The summed E-state index contributed by atoms with van der Waals surface area (Å²) in [6, 6.07) is 19.2. The van der Waals surface area contributed by atoms with Gasteiger partial charge in [-0.25, -0.2) is 20.8 Å². The summed E-state index contributed by atoms with van der Waals surface area (Å²) in [4.78, 5) is 9.04. The lowest BCUT2D eigenvalue weighted by Crippen LogP contribution is -2.00. The van der Waals surface area contributed by atoms with Gasteiger partial charge in [0.15, 0.2) is 0 Å². The topological polar surface area (TPSA) is 105 Å². The Hall–Kier alpha value is -4.18. The zero-order valence-electron chi connectivity index (χ0n) is 18.4. The predicted octanol–water partition coefficient (Wildman–Crippen LogP) is 4.82. The van der Waals surface area contributed by atoms with E-state index in [1.165, 1.54) is 12.4 Å². The summed E-state index contributed by atoms with van der Waals surface area (Å²) in [5.74, 6) is 1.25. The molecule has 0 amide bonds. The van der Waals surface area contributed by atoms with E-state index < -0.39 is 0 Å². The van der Waals surface area contributed by atoms with Gasteiger partial charge in [0.1, 0.15) is 5.75 Å². The average molecular weight is 517 g/mol. The van der Waals surface area contributed by atoms with E-state index in [0.717, 1.165) is 26.5 Å². The number of phenolic OH excluding ortho intramolecular Hbond substituents is 1. The monoisotopic (exact) mass is 516 g/mol. The summed E-state index contributed by atoms with van der Waals surface area (Å²) < 4.78 is 4.61. The van der Waals surface area contributed by atoms with E-state index in [-0.39, 0.29) is 5.75 Å². The number of anilines is 2. The molecule has 0 unspecified atom stereocenters. The number of hydrogen-bond acceptors (Lipinski definition) is 7. The maximum absolute atomic E-state index is 10.7. The average Bonchev–Trinajstić information content (AvgIpc) is 3.33. The number of benzene rings is 3. The van der Waals surface area contributed by atoms with Crippen LogP contribution in [0.4, 0.5) is 11.9 Å². The smallest absolute Gasteiger partial charge is 0.224 e. The van der Waals surface area contributed by atoms with Gasteiger partial charge in [0.25, 0.3) is 0 Å². The zero-order chi connectivity index (χ0) is 23.7. The number of halogens is 1. The Bertz CT molecular complexity index is 1450. The molecule has 0 spiro atoms. The van der Waals surface area contributed by atoms with Gasteiger partial charge in [0, 0.05) is 29.7 Å². The lowest BCUT2D eigenvalue weighted by atomic mass is 10.1. The number of hydrogen-bond donors (Lipinski definition) is 3. The molecule has 0 saturated heterocycles. The number of phenols is 1. The summed E-state index contributed by atoms with van der Waals surface area (Å²) in [7, 11) is 3.83. The Labute approximate surface area is 203 Å². The van der Waals surface area contributed by atoms with Crippen molar-refractivity contribution in [1.29, 1.82) is 0 Å². The van der Waals surface area contributed by atoms with Crippen LogP contribution in [0.3, 0.4) is 0 Å². The second kappa shape index (κ2) is 8.99. The van der Waals surface area contributed by atoms with E-state index in [9.17, 15) is 5.11 Å². The standard InChI is InChI=1S/C24H21BrN8O/c1-32-20-9-5-3-7-18(20)28-23(32)30-26-13-15-11-17(25)12-16(22(15)34)14-27-31-24-29-19-8-4-6-10-21(19)33(24)2/h3-14,34H,1-2H3,(H,28,30)(H,29,31)/b26-13-,27-14-. The maximum atomic E-state index is 10.7. The van der Waals surface area contributed by atoms with E-state index in [1.54, 1.807) is 12.1 Å². The number of hydrazone groups is 2.